The summed E-state index contributed by atoms with van der Waals surface area (Å²) in [5, 5.41) is 20.9. The second-order valence-corrected chi connectivity index (χ2v) is 4.66. The number of aliphatic hydroxyl groups is 1. The summed E-state index contributed by atoms with van der Waals surface area (Å²) in [7, 11) is 0. The number of hydrogen-bond donors (Lipinski definition) is 3. The van der Waals surface area contributed by atoms with Crippen LogP contribution < -0.4 is 5.32 Å². The van der Waals surface area contributed by atoms with Crippen molar-refractivity contribution in [1.29, 1.82) is 0 Å². The van der Waals surface area contributed by atoms with Crippen molar-refractivity contribution in [3.63, 3.8) is 0 Å². The lowest BCUT2D eigenvalue weighted by Gasteiger charge is -2.31. The fourth-order valence-corrected chi connectivity index (χ4v) is 2.04. The maximum absolute atomic E-state index is 12.0. The van der Waals surface area contributed by atoms with E-state index >= 15 is 0 Å². The number of hydrogen-bond acceptors (Lipinski definition) is 4. The SMILES string of the molecule is CCC(CC)(CO)NC(=O)[C@@H]1CC[C@H](C(=O)O)O1. The first-order chi connectivity index (χ1) is 8.48. The van der Waals surface area contributed by atoms with Crippen LogP contribution in [-0.2, 0) is 14.3 Å². The smallest absolute Gasteiger partial charge is 0.332 e. The van der Waals surface area contributed by atoms with Crippen LogP contribution in [0.5, 0.6) is 0 Å². The Bertz CT molecular complexity index is 305. The second kappa shape index (κ2) is 6.15. The Labute approximate surface area is 106 Å². The van der Waals surface area contributed by atoms with Gasteiger partial charge in [0, 0.05) is 0 Å². The van der Waals surface area contributed by atoms with Gasteiger partial charge in [-0.25, -0.2) is 4.79 Å². The van der Waals surface area contributed by atoms with E-state index in [0.29, 0.717) is 25.7 Å². The van der Waals surface area contributed by atoms with E-state index in [2.05, 4.69) is 5.32 Å². The van der Waals surface area contributed by atoms with Gasteiger partial charge in [-0.05, 0) is 25.7 Å². The molecule has 6 nitrogen and oxygen atoms in total. The van der Waals surface area contributed by atoms with Gasteiger partial charge >= 0.3 is 5.97 Å². The first kappa shape index (κ1) is 14.9. The fraction of sp³-hybridized carbons (Fsp3) is 0.833. The number of rotatable bonds is 6. The Morgan fingerprint density at radius 1 is 1.28 bits per heavy atom. The first-order valence-corrected chi connectivity index (χ1v) is 6.29. The van der Waals surface area contributed by atoms with Crippen LogP contribution in [0.1, 0.15) is 39.5 Å². The predicted molar refractivity (Wildman–Crippen MR) is 64.1 cm³/mol. The Morgan fingerprint density at radius 2 is 1.83 bits per heavy atom. The molecule has 0 aromatic rings. The standard InChI is InChI=1S/C12H21NO5/c1-3-12(4-2,7-14)13-10(15)8-5-6-9(18-8)11(16)17/h8-9,14H,3-7H2,1-2H3,(H,13,15)(H,16,17)/t8-,9+/m0/s1. The van der Waals surface area contributed by atoms with Gasteiger partial charge in [0.1, 0.15) is 6.10 Å². The highest BCUT2D eigenvalue weighted by atomic mass is 16.5. The second-order valence-electron chi connectivity index (χ2n) is 4.66. The van der Waals surface area contributed by atoms with Crippen molar-refractivity contribution in [2.24, 2.45) is 0 Å². The topological polar surface area (TPSA) is 95.9 Å². The number of carboxylic acids is 1. The average molecular weight is 259 g/mol. The maximum Gasteiger partial charge on any atom is 0.332 e. The van der Waals surface area contributed by atoms with Gasteiger partial charge in [-0.3, -0.25) is 4.79 Å². The number of amides is 1. The van der Waals surface area contributed by atoms with Crippen LogP contribution in [0.4, 0.5) is 0 Å². The molecular formula is C12H21NO5. The van der Waals surface area contributed by atoms with Crippen LogP contribution in [0.3, 0.4) is 0 Å². The summed E-state index contributed by atoms with van der Waals surface area (Å²) < 4.78 is 5.17. The average Bonchev–Trinajstić information content (AvgIpc) is 2.86. The van der Waals surface area contributed by atoms with Crippen molar-refractivity contribution in [3.05, 3.63) is 0 Å². The predicted octanol–water partition coefficient (Wildman–Crippen LogP) is 0.286. The molecule has 0 aliphatic carbocycles. The van der Waals surface area contributed by atoms with Crippen LogP contribution >= 0.6 is 0 Å². The van der Waals surface area contributed by atoms with Crippen molar-refractivity contribution >= 4 is 11.9 Å². The molecule has 0 spiro atoms. The zero-order chi connectivity index (χ0) is 13.8. The molecule has 1 aliphatic rings. The Balaban J connectivity index is 2.58. The molecule has 1 heterocycles. The molecule has 6 heteroatoms. The Morgan fingerprint density at radius 3 is 2.22 bits per heavy atom. The number of carboxylic acid groups (broad SMARTS) is 1. The number of aliphatic carboxylic acids is 1. The minimum Gasteiger partial charge on any atom is -0.479 e. The summed E-state index contributed by atoms with van der Waals surface area (Å²) >= 11 is 0. The van der Waals surface area contributed by atoms with Crippen molar-refractivity contribution in [2.45, 2.75) is 57.3 Å². The van der Waals surface area contributed by atoms with Gasteiger partial charge < -0.3 is 20.3 Å². The third kappa shape index (κ3) is 3.20. The van der Waals surface area contributed by atoms with E-state index in [1.54, 1.807) is 0 Å². The Kier molecular flexibility index (Phi) is 5.10. The highest BCUT2D eigenvalue weighted by Crippen LogP contribution is 2.22. The molecule has 1 amide bonds. The summed E-state index contributed by atoms with van der Waals surface area (Å²) in [6.45, 7) is 3.63. The number of ether oxygens (including phenoxy) is 1. The lowest BCUT2D eigenvalue weighted by atomic mass is 9.93. The molecule has 1 aliphatic heterocycles. The zero-order valence-electron chi connectivity index (χ0n) is 10.8. The fourth-order valence-electron chi connectivity index (χ4n) is 2.04. The maximum atomic E-state index is 12.0. The summed E-state index contributed by atoms with van der Waals surface area (Å²) in [6, 6.07) is 0. The molecule has 1 fully saturated rings. The number of aliphatic hydroxyl groups excluding tert-OH is 1. The molecule has 1 rings (SSSR count). The highest BCUT2D eigenvalue weighted by molar-refractivity contribution is 5.83. The number of carbonyl (C=O) groups excluding carboxylic acids is 1. The third-order valence-electron chi connectivity index (χ3n) is 3.63. The molecule has 1 saturated heterocycles. The van der Waals surface area contributed by atoms with Crippen molar-refractivity contribution < 1.29 is 24.5 Å². The van der Waals surface area contributed by atoms with E-state index in [1.165, 1.54) is 0 Å². The van der Waals surface area contributed by atoms with Gasteiger partial charge in [0.25, 0.3) is 0 Å². The van der Waals surface area contributed by atoms with E-state index < -0.39 is 23.7 Å². The molecule has 0 radical (unpaired) electrons. The molecule has 0 unspecified atom stereocenters. The van der Waals surface area contributed by atoms with Gasteiger partial charge in [-0.1, -0.05) is 13.8 Å². The summed E-state index contributed by atoms with van der Waals surface area (Å²) in [5.74, 6) is -1.37. The van der Waals surface area contributed by atoms with Gasteiger partial charge in [-0.15, -0.1) is 0 Å². The van der Waals surface area contributed by atoms with Gasteiger partial charge in [0.15, 0.2) is 6.10 Å². The molecule has 2 atom stereocenters. The summed E-state index contributed by atoms with van der Waals surface area (Å²) in [5.41, 5.74) is -0.637. The van der Waals surface area contributed by atoms with E-state index in [9.17, 15) is 14.7 Å². The van der Waals surface area contributed by atoms with Crippen molar-refractivity contribution in [1.82, 2.24) is 5.32 Å². The minimum absolute atomic E-state index is 0.138. The molecule has 0 bridgehead atoms. The van der Waals surface area contributed by atoms with Crippen molar-refractivity contribution in [2.75, 3.05) is 6.61 Å². The lowest BCUT2D eigenvalue weighted by Crippen LogP contribution is -2.53. The molecule has 0 aromatic heterocycles. The number of carbonyl (C=O) groups is 2. The molecule has 3 N–H and O–H groups in total. The van der Waals surface area contributed by atoms with Crippen LogP contribution in [0.2, 0.25) is 0 Å². The minimum atomic E-state index is -1.04. The lowest BCUT2D eigenvalue weighted by molar-refractivity contribution is -0.152. The summed E-state index contributed by atoms with van der Waals surface area (Å²) in [4.78, 5) is 22.7. The van der Waals surface area contributed by atoms with Gasteiger partial charge in [0.2, 0.25) is 5.91 Å². The first-order valence-electron chi connectivity index (χ1n) is 6.29. The van der Waals surface area contributed by atoms with Crippen LogP contribution in [0, 0.1) is 0 Å². The van der Waals surface area contributed by atoms with Crippen LogP contribution in [0.25, 0.3) is 0 Å². The van der Waals surface area contributed by atoms with Crippen LogP contribution in [-0.4, -0.2) is 46.4 Å². The monoisotopic (exact) mass is 259 g/mol. The molecular weight excluding hydrogens is 238 g/mol. The van der Waals surface area contributed by atoms with Gasteiger partial charge in [0.05, 0.1) is 12.1 Å². The zero-order valence-corrected chi connectivity index (χ0v) is 10.8. The highest BCUT2D eigenvalue weighted by Gasteiger charge is 2.37. The molecule has 104 valence electrons. The Hall–Kier alpha value is -1.14. The molecule has 18 heavy (non-hydrogen) atoms. The molecule has 0 saturated carbocycles. The van der Waals surface area contributed by atoms with Gasteiger partial charge in [-0.2, -0.15) is 0 Å². The van der Waals surface area contributed by atoms with Crippen molar-refractivity contribution in [3.8, 4) is 0 Å². The normalized spacial score (nSPS) is 23.9. The third-order valence-corrected chi connectivity index (χ3v) is 3.63. The molecule has 0 aromatic carbocycles. The number of nitrogens with one attached hydrogen (secondary N) is 1. The van der Waals surface area contributed by atoms with E-state index in [-0.39, 0.29) is 12.5 Å². The quantitative estimate of drug-likeness (QED) is 0.637. The van der Waals surface area contributed by atoms with E-state index in [0.717, 1.165) is 0 Å². The van der Waals surface area contributed by atoms with E-state index in [4.69, 9.17) is 9.84 Å². The largest absolute Gasteiger partial charge is 0.479 e. The van der Waals surface area contributed by atoms with E-state index in [1.807, 2.05) is 13.8 Å². The summed E-state index contributed by atoms with van der Waals surface area (Å²) in [6.07, 6.45) is 0.347. The van der Waals surface area contributed by atoms with Crippen LogP contribution in [0.15, 0.2) is 0 Å².